The molecule has 0 aliphatic rings. The zero-order valence-electron chi connectivity index (χ0n) is 9.99. The lowest BCUT2D eigenvalue weighted by Crippen LogP contribution is -2.02. The second-order valence-electron chi connectivity index (χ2n) is 4.04. The van der Waals surface area contributed by atoms with E-state index in [0.717, 1.165) is 6.07 Å². The number of anilines is 1. The quantitative estimate of drug-likeness (QED) is 0.507. The van der Waals surface area contributed by atoms with Crippen molar-refractivity contribution >= 4 is 21.6 Å². The predicted molar refractivity (Wildman–Crippen MR) is 72.8 cm³/mol. The molecule has 0 unspecified atom stereocenters. The molecule has 2 rings (SSSR count). The fourth-order valence-corrected chi connectivity index (χ4v) is 1.95. The Bertz CT molecular complexity index is 663. The first-order chi connectivity index (χ1) is 9.40. The highest BCUT2D eigenvalue weighted by atomic mass is 79.9. The van der Waals surface area contributed by atoms with Crippen molar-refractivity contribution in [2.24, 2.45) is 0 Å². The van der Waals surface area contributed by atoms with E-state index in [9.17, 15) is 24.1 Å². The van der Waals surface area contributed by atoms with E-state index in [-0.39, 0.29) is 22.3 Å². The van der Waals surface area contributed by atoms with Crippen LogP contribution in [0.3, 0.4) is 0 Å². The van der Waals surface area contributed by atoms with Gasteiger partial charge in [0.2, 0.25) is 5.75 Å². The summed E-state index contributed by atoms with van der Waals surface area (Å²) >= 11 is 2.94. The molecular weight excluding hydrogens is 336 g/mol. The second kappa shape index (κ2) is 5.54. The van der Waals surface area contributed by atoms with Gasteiger partial charge in [-0.25, -0.2) is 8.78 Å². The molecule has 2 aromatic rings. The lowest BCUT2D eigenvalue weighted by atomic mass is 10.1. The molecular formula is C13H10BrF2NO3. The van der Waals surface area contributed by atoms with Crippen LogP contribution in [0.15, 0.2) is 28.7 Å². The molecule has 0 fully saturated rings. The molecule has 20 heavy (non-hydrogen) atoms. The molecule has 0 spiro atoms. The summed E-state index contributed by atoms with van der Waals surface area (Å²) in [5.41, 5.74) is 0.283. The van der Waals surface area contributed by atoms with Crippen molar-refractivity contribution in [1.29, 1.82) is 0 Å². The van der Waals surface area contributed by atoms with Gasteiger partial charge in [-0.3, -0.25) is 0 Å². The zero-order valence-corrected chi connectivity index (χ0v) is 11.6. The van der Waals surface area contributed by atoms with Gasteiger partial charge in [-0.05, 0) is 34.1 Å². The van der Waals surface area contributed by atoms with E-state index in [0.29, 0.717) is 0 Å². The molecule has 0 saturated heterocycles. The van der Waals surface area contributed by atoms with Gasteiger partial charge in [0.15, 0.2) is 11.5 Å². The summed E-state index contributed by atoms with van der Waals surface area (Å²) in [6.45, 7) is -0.0192. The van der Waals surface area contributed by atoms with Gasteiger partial charge >= 0.3 is 0 Å². The molecule has 0 saturated carbocycles. The van der Waals surface area contributed by atoms with Gasteiger partial charge in [-0.15, -0.1) is 0 Å². The predicted octanol–water partition coefficient (Wildman–Crippen LogP) is 3.46. The summed E-state index contributed by atoms with van der Waals surface area (Å²) in [6, 6.07) is 4.51. The van der Waals surface area contributed by atoms with Gasteiger partial charge in [-0.2, -0.15) is 0 Å². The third-order valence-corrected chi connectivity index (χ3v) is 3.30. The van der Waals surface area contributed by atoms with Crippen molar-refractivity contribution in [3.63, 3.8) is 0 Å². The number of phenolic OH excluding ortho intramolecular Hbond substituents is 3. The monoisotopic (exact) mass is 345 g/mol. The summed E-state index contributed by atoms with van der Waals surface area (Å²) in [7, 11) is 0. The minimum absolute atomic E-state index is 0.0192. The summed E-state index contributed by atoms with van der Waals surface area (Å²) in [5.74, 6) is -3.11. The van der Waals surface area contributed by atoms with Gasteiger partial charge in [0.05, 0.1) is 10.2 Å². The Balaban J connectivity index is 2.21. The minimum atomic E-state index is -0.784. The standard InChI is InChI=1S/C13H10BrF2NO3/c14-7-3-10(9(16)4-8(7)15)17-5-6-1-2-11(18)13(20)12(6)19/h1-4,17-20H,5H2. The molecule has 0 amide bonds. The van der Waals surface area contributed by atoms with Crippen molar-refractivity contribution in [2.45, 2.75) is 6.54 Å². The van der Waals surface area contributed by atoms with Crippen LogP contribution < -0.4 is 5.32 Å². The van der Waals surface area contributed by atoms with Crippen molar-refractivity contribution in [3.8, 4) is 17.2 Å². The highest BCUT2D eigenvalue weighted by molar-refractivity contribution is 9.10. The maximum Gasteiger partial charge on any atom is 0.200 e. The van der Waals surface area contributed by atoms with E-state index in [4.69, 9.17) is 0 Å². The van der Waals surface area contributed by atoms with E-state index in [1.165, 1.54) is 18.2 Å². The summed E-state index contributed by atoms with van der Waals surface area (Å²) < 4.78 is 26.7. The van der Waals surface area contributed by atoms with E-state index in [1.54, 1.807) is 0 Å². The van der Waals surface area contributed by atoms with Crippen LogP contribution in [0.4, 0.5) is 14.5 Å². The van der Waals surface area contributed by atoms with E-state index < -0.39 is 28.9 Å². The highest BCUT2D eigenvalue weighted by Gasteiger charge is 2.12. The van der Waals surface area contributed by atoms with Crippen molar-refractivity contribution < 1.29 is 24.1 Å². The highest BCUT2D eigenvalue weighted by Crippen LogP contribution is 2.37. The van der Waals surface area contributed by atoms with Crippen molar-refractivity contribution in [1.82, 2.24) is 0 Å². The molecule has 106 valence electrons. The maximum absolute atomic E-state index is 13.5. The van der Waals surface area contributed by atoms with E-state index >= 15 is 0 Å². The van der Waals surface area contributed by atoms with E-state index in [2.05, 4.69) is 21.2 Å². The van der Waals surface area contributed by atoms with Gasteiger partial charge in [0.1, 0.15) is 11.6 Å². The lowest BCUT2D eigenvalue weighted by molar-refractivity contribution is 0.365. The second-order valence-corrected chi connectivity index (χ2v) is 4.90. The molecule has 0 aromatic heterocycles. The number of hydrogen-bond acceptors (Lipinski definition) is 4. The van der Waals surface area contributed by atoms with Crippen LogP contribution in [-0.4, -0.2) is 15.3 Å². The first-order valence-corrected chi connectivity index (χ1v) is 6.30. The first kappa shape index (κ1) is 14.4. The number of nitrogens with one attached hydrogen (secondary N) is 1. The van der Waals surface area contributed by atoms with Crippen molar-refractivity contribution in [2.75, 3.05) is 5.32 Å². The fourth-order valence-electron chi connectivity index (χ4n) is 1.60. The van der Waals surface area contributed by atoms with Crippen molar-refractivity contribution in [3.05, 3.63) is 45.9 Å². The zero-order chi connectivity index (χ0) is 14.9. The molecule has 0 atom stereocenters. The molecule has 4 nitrogen and oxygen atoms in total. The number of halogens is 3. The van der Waals surface area contributed by atoms with Gasteiger partial charge in [0.25, 0.3) is 0 Å². The SMILES string of the molecule is Oc1ccc(CNc2cc(Br)c(F)cc2F)c(O)c1O. The molecule has 0 radical (unpaired) electrons. The first-order valence-electron chi connectivity index (χ1n) is 5.51. The molecule has 2 aromatic carbocycles. The number of hydrogen-bond donors (Lipinski definition) is 4. The number of rotatable bonds is 3. The van der Waals surface area contributed by atoms with Crippen LogP contribution in [0.5, 0.6) is 17.2 Å². The Kier molecular flexibility index (Phi) is 3.99. The smallest absolute Gasteiger partial charge is 0.200 e. The van der Waals surface area contributed by atoms with Crippen LogP contribution in [0.2, 0.25) is 0 Å². The number of benzene rings is 2. The Hall–Kier alpha value is -2.02. The molecule has 0 aliphatic heterocycles. The van der Waals surface area contributed by atoms with Crippen LogP contribution in [0.25, 0.3) is 0 Å². The molecule has 0 bridgehead atoms. The van der Waals surface area contributed by atoms with E-state index in [1.807, 2.05) is 0 Å². The molecule has 7 heteroatoms. The molecule has 0 heterocycles. The maximum atomic E-state index is 13.5. The average Bonchev–Trinajstić information content (AvgIpc) is 2.40. The number of aromatic hydroxyl groups is 3. The normalized spacial score (nSPS) is 10.6. The summed E-state index contributed by atoms with van der Waals surface area (Å²) in [6.07, 6.45) is 0. The minimum Gasteiger partial charge on any atom is -0.504 e. The van der Waals surface area contributed by atoms with Gasteiger partial charge in [-0.1, -0.05) is 0 Å². The average molecular weight is 346 g/mol. The molecule has 4 N–H and O–H groups in total. The Morgan fingerprint density at radius 2 is 1.70 bits per heavy atom. The Morgan fingerprint density at radius 3 is 2.40 bits per heavy atom. The third kappa shape index (κ3) is 2.77. The van der Waals surface area contributed by atoms with Gasteiger partial charge in [0, 0.05) is 18.2 Å². The third-order valence-electron chi connectivity index (χ3n) is 2.69. The lowest BCUT2D eigenvalue weighted by Gasteiger charge is -2.11. The summed E-state index contributed by atoms with van der Waals surface area (Å²) in [5, 5.41) is 30.8. The van der Waals surface area contributed by atoms with Crippen LogP contribution in [0.1, 0.15) is 5.56 Å². The van der Waals surface area contributed by atoms with Crippen LogP contribution in [-0.2, 0) is 6.54 Å². The Labute approximate surface area is 121 Å². The molecule has 0 aliphatic carbocycles. The Morgan fingerprint density at radius 1 is 1.00 bits per heavy atom. The fraction of sp³-hybridized carbons (Fsp3) is 0.0769. The van der Waals surface area contributed by atoms with Crippen LogP contribution >= 0.6 is 15.9 Å². The topological polar surface area (TPSA) is 72.7 Å². The largest absolute Gasteiger partial charge is 0.504 e. The summed E-state index contributed by atoms with van der Waals surface area (Å²) in [4.78, 5) is 0. The van der Waals surface area contributed by atoms with Gasteiger partial charge < -0.3 is 20.6 Å². The van der Waals surface area contributed by atoms with Crippen LogP contribution in [0, 0.1) is 11.6 Å². The number of phenols is 3.